The lowest BCUT2D eigenvalue weighted by atomic mass is 9.49. The standard InChI is InChI=1S/C21H20BNO3.C16H13ClN2O.C15H8ClNO.C12H24B2O4.C10H10BNO3.C6H5BrClN.C4H8O.H2/c1-20(2)21(3,4)26-22(25-20)16-6-5-7-17-19(16)15-10-14-12-23-9-8-13(14)11-18(15)24-17;1-20-15-8-10-5-6-19-9-11(10)7-12(15)16-13(17)3-2-4-14(16)18;16-12-2-1-3-13-15(12)11-6-10-8-17-5-4-9(10)7-14(11)18-13;1-9(2)10(3,4)16-13(15-9)14-17-11(5,6)12(7,8)18-14;1-15-10-5-7-2-3-12-6-8(7)4-9(10)11(13)14;7-6-4(8)2-1-3-5(6)9;1-2-4-5-3-1;/h5-12H,1-4H3;2-9H,18H2,1H3;1-8H;1-8H3;2-6,13-14H,1H3;1-3H,9H2;1-4H2;1H. The zero-order valence-electron chi connectivity index (χ0n) is 64.5. The number of aromatic nitrogens is 4. The molecule has 0 unspecified atom stereocenters. The van der Waals surface area contributed by atoms with Crippen molar-refractivity contribution in [3.8, 4) is 22.6 Å². The number of methoxy groups -OCH3 is 2. The van der Waals surface area contributed by atoms with Crippen molar-refractivity contribution in [1.29, 1.82) is 0 Å². The summed E-state index contributed by atoms with van der Waals surface area (Å²) in [5.41, 5.74) is 17.0. The highest BCUT2D eigenvalue weighted by Gasteiger charge is 2.64. The van der Waals surface area contributed by atoms with Crippen LogP contribution in [0.2, 0.25) is 15.1 Å². The van der Waals surface area contributed by atoms with E-state index in [4.69, 9.17) is 107 Å². The molecule has 27 heteroatoms. The summed E-state index contributed by atoms with van der Waals surface area (Å²) in [7, 11) is 0.221. The van der Waals surface area contributed by atoms with Gasteiger partial charge in [-0.25, -0.2) is 0 Å². The number of hydrogen-bond donors (Lipinski definition) is 4. The number of anilines is 2. The maximum absolute atomic E-state index is 9.15. The number of fused-ring (bicyclic) bond motifs is 10. The molecule has 4 saturated heterocycles. The number of nitrogen functional groups attached to an aromatic ring is 2. The van der Waals surface area contributed by atoms with Gasteiger partial charge in [0.25, 0.3) is 0 Å². The Labute approximate surface area is 672 Å². The van der Waals surface area contributed by atoms with E-state index in [9.17, 15) is 0 Å². The molecule has 574 valence electrons. The van der Waals surface area contributed by atoms with E-state index in [-0.39, 0.29) is 35.0 Å². The molecule has 8 aromatic carbocycles. The smallest absolute Gasteiger partial charge is 0.495 e. The molecule has 0 amide bonds. The molecule has 6 N–H and O–H groups in total. The normalized spacial score (nSPS) is 16.7. The quantitative estimate of drug-likeness (QED) is 0.0891. The Bertz CT molecular complexity index is 5570. The summed E-state index contributed by atoms with van der Waals surface area (Å²) >= 11 is 21.5. The van der Waals surface area contributed by atoms with Crippen LogP contribution in [0.1, 0.15) is 97.4 Å². The number of pyridine rings is 4. The fraction of sp³-hybridized carbons (Fsp3) is 0.286. The van der Waals surface area contributed by atoms with Crippen LogP contribution in [-0.4, -0.2) is 119 Å². The van der Waals surface area contributed by atoms with E-state index in [0.29, 0.717) is 32.6 Å². The number of hydrogen-bond acceptors (Lipinski definition) is 19. The molecule has 19 nitrogen and oxygen atoms in total. The monoisotopic (exact) mass is 1620 g/mol. The minimum atomic E-state index is -1.54. The summed E-state index contributed by atoms with van der Waals surface area (Å²) in [5, 5.41) is 32.7. The van der Waals surface area contributed by atoms with Crippen molar-refractivity contribution in [2.75, 3.05) is 38.9 Å². The van der Waals surface area contributed by atoms with E-state index in [1.807, 2.05) is 171 Å². The second-order valence-electron chi connectivity index (χ2n) is 30.2. The van der Waals surface area contributed by atoms with Crippen LogP contribution in [0.5, 0.6) is 11.5 Å². The number of ether oxygens (including phenoxy) is 3. The van der Waals surface area contributed by atoms with Crippen LogP contribution in [0.25, 0.3) is 98.1 Å². The van der Waals surface area contributed by atoms with E-state index in [2.05, 4.69) is 87.8 Å². The molecule has 10 heterocycles. The van der Waals surface area contributed by atoms with Gasteiger partial charge >= 0.3 is 28.3 Å². The molecule has 18 rings (SSSR count). The molecule has 0 radical (unpaired) electrons. The number of halogens is 4. The predicted molar refractivity (Wildman–Crippen MR) is 458 cm³/mol. The van der Waals surface area contributed by atoms with E-state index < -0.39 is 28.3 Å². The van der Waals surface area contributed by atoms with E-state index in [1.54, 1.807) is 62.4 Å². The van der Waals surface area contributed by atoms with Crippen LogP contribution in [0.3, 0.4) is 0 Å². The lowest BCUT2D eigenvalue weighted by Crippen LogP contribution is -2.41. The Balaban J connectivity index is 0.000000133. The van der Waals surface area contributed by atoms with Crippen molar-refractivity contribution < 1.29 is 62.4 Å². The molecule has 0 saturated carbocycles. The zero-order chi connectivity index (χ0) is 79.5. The van der Waals surface area contributed by atoms with Gasteiger partial charge in [-0.05, 0) is 260 Å². The molecule has 14 aromatic rings. The second kappa shape index (κ2) is 33.6. The lowest BCUT2D eigenvalue weighted by molar-refractivity contribution is 0.00578. The first kappa shape index (κ1) is 81.9. The van der Waals surface area contributed by atoms with Gasteiger partial charge in [0.2, 0.25) is 0 Å². The van der Waals surface area contributed by atoms with Crippen LogP contribution in [0.15, 0.2) is 208 Å². The Hall–Kier alpha value is -8.55. The Kier molecular flexibility index (Phi) is 24.8. The molecule has 0 atom stereocenters. The fourth-order valence-electron chi connectivity index (χ4n) is 12.8. The number of furan rings is 2. The van der Waals surface area contributed by atoms with Gasteiger partial charge in [0.05, 0.1) is 67.4 Å². The van der Waals surface area contributed by atoms with Gasteiger partial charge < -0.3 is 72.5 Å². The van der Waals surface area contributed by atoms with Gasteiger partial charge in [-0.1, -0.05) is 65.1 Å². The summed E-state index contributed by atoms with van der Waals surface area (Å²) in [6.45, 7) is 26.5. The first-order chi connectivity index (χ1) is 52.7. The SMILES string of the molecule is C1CCOC1.CC1(C)OB(B2OC(C)(C)C(C)(C)O2)OC1(C)C.CC1(C)OB(c2cccc3oc4cc5ccncc5cc4c23)OC1(C)C.COc1cc2ccncc2cc1-c1c(N)cccc1Cl.COc1cc2ccncc2cc1B(O)O.Clc1cccc2oc3cc4ccncc4cc3c12.Nc1cccc(Cl)c1Br.[HH]. The molecule has 4 aliphatic heterocycles. The first-order valence-electron chi connectivity index (χ1n) is 36.3. The van der Waals surface area contributed by atoms with Gasteiger partial charge in [0.15, 0.2) is 0 Å². The fourth-order valence-corrected chi connectivity index (χ4v) is 13.8. The summed E-state index contributed by atoms with van der Waals surface area (Å²) in [5.74, 6) is 1.20. The molecule has 4 fully saturated rings. The maximum atomic E-state index is 9.15. The van der Waals surface area contributed by atoms with Gasteiger partial charge in [-0.15, -0.1) is 0 Å². The zero-order valence-corrected chi connectivity index (χ0v) is 68.3. The van der Waals surface area contributed by atoms with E-state index >= 15 is 0 Å². The summed E-state index contributed by atoms with van der Waals surface area (Å²) < 4.78 is 64.7. The van der Waals surface area contributed by atoms with Crippen molar-refractivity contribution >= 4 is 188 Å². The third-order valence-corrected chi connectivity index (χ3v) is 23.2. The molecule has 0 aliphatic carbocycles. The number of nitrogens with two attached hydrogens (primary N) is 2. The topological polar surface area (TPSA) is 253 Å². The average Bonchev–Trinajstić information content (AvgIpc) is 1.56. The Morgan fingerprint density at radius 2 is 0.838 bits per heavy atom. The van der Waals surface area contributed by atoms with Crippen molar-refractivity contribution in [3.05, 3.63) is 215 Å². The molecule has 111 heavy (non-hydrogen) atoms. The molecule has 6 aromatic heterocycles. The first-order valence-corrected chi connectivity index (χ1v) is 38.2. The van der Waals surface area contributed by atoms with Gasteiger partial charge in [-0.2, -0.15) is 0 Å². The predicted octanol–water partition coefficient (Wildman–Crippen LogP) is 19.3. The van der Waals surface area contributed by atoms with Crippen molar-refractivity contribution in [2.24, 2.45) is 0 Å². The van der Waals surface area contributed by atoms with Gasteiger partial charge in [0.1, 0.15) is 33.8 Å². The third kappa shape index (κ3) is 17.8. The Morgan fingerprint density at radius 3 is 1.28 bits per heavy atom. The van der Waals surface area contributed by atoms with Crippen molar-refractivity contribution in [1.82, 2.24) is 19.9 Å². The summed E-state index contributed by atoms with van der Waals surface area (Å²) in [6, 6.07) is 46.1. The van der Waals surface area contributed by atoms with Crippen LogP contribution in [0.4, 0.5) is 11.4 Å². The van der Waals surface area contributed by atoms with Crippen molar-refractivity contribution in [2.45, 2.75) is 130 Å². The van der Waals surface area contributed by atoms with E-state index in [0.717, 1.165) is 132 Å². The average molecular weight is 1620 g/mol. The minimum Gasteiger partial charge on any atom is -0.497 e. The molecule has 4 aliphatic rings. The largest absolute Gasteiger partial charge is 0.497 e. The highest BCUT2D eigenvalue weighted by atomic mass is 79.9. The van der Waals surface area contributed by atoms with Crippen molar-refractivity contribution in [3.63, 3.8) is 0 Å². The Morgan fingerprint density at radius 1 is 0.441 bits per heavy atom. The third-order valence-electron chi connectivity index (χ3n) is 21.1. The number of nitrogens with zero attached hydrogens (tertiary/aromatic N) is 4. The summed E-state index contributed by atoms with van der Waals surface area (Å²) in [6.07, 6.45) is 16.8. The van der Waals surface area contributed by atoms with Gasteiger partial charge in [-0.3, -0.25) is 19.9 Å². The lowest BCUT2D eigenvalue weighted by Gasteiger charge is -2.32. The second-order valence-corrected chi connectivity index (χ2v) is 32.2. The molecular weight excluding hydrogens is 1530 g/mol. The minimum absolute atomic E-state index is 0. The van der Waals surface area contributed by atoms with Crippen LogP contribution in [0, 0.1) is 0 Å². The molecular formula is C84H90B4BrCl3N6O13. The highest BCUT2D eigenvalue weighted by molar-refractivity contribution is 9.10. The van der Waals surface area contributed by atoms with Crippen LogP contribution in [-0.2, 0) is 32.7 Å². The number of rotatable bonds is 6. The maximum Gasteiger partial charge on any atom is 0.495 e. The summed E-state index contributed by atoms with van der Waals surface area (Å²) in [4.78, 5) is 16.5. The highest BCUT2D eigenvalue weighted by Crippen LogP contribution is 2.45. The van der Waals surface area contributed by atoms with Crippen LogP contribution < -0.4 is 31.9 Å². The van der Waals surface area contributed by atoms with Gasteiger partial charge in [0, 0.05) is 130 Å². The van der Waals surface area contributed by atoms with Crippen LogP contribution >= 0.6 is 50.7 Å². The van der Waals surface area contributed by atoms with E-state index in [1.165, 1.54) is 20.0 Å². The number of benzene rings is 8. The molecule has 0 bridgehead atoms. The molecule has 0 spiro atoms.